The lowest BCUT2D eigenvalue weighted by molar-refractivity contribution is -0.138. The van der Waals surface area contributed by atoms with Gasteiger partial charge in [0, 0.05) is 12.6 Å². The summed E-state index contributed by atoms with van der Waals surface area (Å²) < 4.78 is 0. The van der Waals surface area contributed by atoms with Crippen molar-refractivity contribution in [3.8, 4) is 0 Å². The predicted octanol–water partition coefficient (Wildman–Crippen LogP) is 2.60. The first kappa shape index (κ1) is 15.8. The van der Waals surface area contributed by atoms with E-state index in [-0.39, 0.29) is 18.5 Å². The monoisotopic (exact) mass is 270 g/mol. The molecule has 0 aliphatic heterocycles. The highest BCUT2D eigenvalue weighted by Gasteiger charge is 2.38. The molecule has 0 bridgehead atoms. The van der Waals surface area contributed by atoms with E-state index in [0.717, 1.165) is 32.1 Å². The number of urea groups is 1. The zero-order valence-electron chi connectivity index (χ0n) is 12.2. The van der Waals surface area contributed by atoms with E-state index in [1.54, 1.807) is 4.90 Å². The van der Waals surface area contributed by atoms with Crippen LogP contribution in [0, 0.1) is 0 Å². The molecule has 1 saturated carbocycles. The summed E-state index contributed by atoms with van der Waals surface area (Å²) in [6, 6.07) is 0.0493. The van der Waals surface area contributed by atoms with Crippen molar-refractivity contribution >= 4 is 12.0 Å². The summed E-state index contributed by atoms with van der Waals surface area (Å²) in [6.07, 6.45) is 4.43. The van der Waals surface area contributed by atoms with Gasteiger partial charge in [0.05, 0.1) is 12.0 Å². The fourth-order valence-electron chi connectivity index (χ4n) is 2.86. The second kappa shape index (κ2) is 6.78. The molecule has 2 N–H and O–H groups in total. The Bertz CT molecular complexity index is 325. The number of rotatable bonds is 6. The van der Waals surface area contributed by atoms with Crippen LogP contribution >= 0.6 is 0 Å². The van der Waals surface area contributed by atoms with Crippen molar-refractivity contribution < 1.29 is 14.7 Å². The van der Waals surface area contributed by atoms with Crippen LogP contribution in [0.5, 0.6) is 0 Å². The topological polar surface area (TPSA) is 69.6 Å². The molecule has 1 atom stereocenters. The Morgan fingerprint density at radius 3 is 2.32 bits per heavy atom. The summed E-state index contributed by atoms with van der Waals surface area (Å²) in [7, 11) is 0. The molecule has 1 rings (SSSR count). The number of amides is 2. The molecule has 0 heterocycles. The normalized spacial score (nSPS) is 18.9. The Hall–Kier alpha value is -1.26. The second-order valence-corrected chi connectivity index (χ2v) is 5.53. The van der Waals surface area contributed by atoms with Crippen LogP contribution < -0.4 is 5.32 Å². The molecule has 2 amide bonds. The average Bonchev–Trinajstić information content (AvgIpc) is 2.76. The van der Waals surface area contributed by atoms with Gasteiger partial charge in [-0.05, 0) is 33.1 Å². The standard InChI is InChI=1S/C14H26N2O3/c1-4-11(3)16(5-2)13(19)15-14(10-12(17)18)8-6-7-9-14/h11H,4-10H2,1-3H3,(H,15,19)(H,17,18). The van der Waals surface area contributed by atoms with Gasteiger partial charge >= 0.3 is 12.0 Å². The van der Waals surface area contributed by atoms with Gasteiger partial charge in [-0.2, -0.15) is 0 Å². The summed E-state index contributed by atoms with van der Waals surface area (Å²) >= 11 is 0. The van der Waals surface area contributed by atoms with E-state index in [1.807, 2.05) is 20.8 Å². The molecular formula is C14H26N2O3. The molecule has 5 nitrogen and oxygen atoms in total. The molecule has 5 heteroatoms. The van der Waals surface area contributed by atoms with Gasteiger partial charge in [0.1, 0.15) is 0 Å². The zero-order chi connectivity index (χ0) is 14.5. The van der Waals surface area contributed by atoms with E-state index in [0.29, 0.717) is 6.54 Å². The number of hydrogen-bond donors (Lipinski definition) is 2. The lowest BCUT2D eigenvalue weighted by atomic mass is 9.93. The number of carboxylic acid groups (broad SMARTS) is 1. The highest BCUT2D eigenvalue weighted by Crippen LogP contribution is 2.33. The van der Waals surface area contributed by atoms with Crippen molar-refractivity contribution in [1.29, 1.82) is 0 Å². The van der Waals surface area contributed by atoms with Crippen molar-refractivity contribution in [2.24, 2.45) is 0 Å². The maximum absolute atomic E-state index is 12.3. The number of aliphatic carboxylic acids is 1. The first-order valence-electron chi connectivity index (χ1n) is 7.24. The third kappa shape index (κ3) is 4.11. The molecule has 19 heavy (non-hydrogen) atoms. The van der Waals surface area contributed by atoms with Gasteiger partial charge < -0.3 is 15.3 Å². The number of nitrogens with one attached hydrogen (secondary N) is 1. The Labute approximate surface area is 115 Å². The van der Waals surface area contributed by atoms with Gasteiger partial charge in [-0.3, -0.25) is 4.79 Å². The maximum atomic E-state index is 12.3. The minimum atomic E-state index is -0.839. The third-order valence-corrected chi connectivity index (χ3v) is 4.15. The Morgan fingerprint density at radius 2 is 1.89 bits per heavy atom. The summed E-state index contributed by atoms with van der Waals surface area (Å²) in [5.41, 5.74) is -0.538. The van der Waals surface area contributed by atoms with Gasteiger partial charge in [-0.15, -0.1) is 0 Å². The van der Waals surface area contributed by atoms with E-state index in [2.05, 4.69) is 5.32 Å². The molecule has 1 aliphatic carbocycles. The summed E-state index contributed by atoms with van der Waals surface area (Å²) in [4.78, 5) is 25.1. The van der Waals surface area contributed by atoms with Gasteiger partial charge in [-0.1, -0.05) is 19.8 Å². The molecule has 0 radical (unpaired) electrons. The molecule has 1 unspecified atom stereocenters. The highest BCUT2D eigenvalue weighted by molar-refractivity contribution is 5.77. The van der Waals surface area contributed by atoms with Crippen LogP contribution in [-0.4, -0.2) is 40.1 Å². The summed E-state index contributed by atoms with van der Waals surface area (Å²) in [5, 5.41) is 12.0. The quantitative estimate of drug-likeness (QED) is 0.779. The Balaban J connectivity index is 2.73. The van der Waals surface area contributed by atoms with Crippen molar-refractivity contribution in [2.75, 3.05) is 6.54 Å². The molecule has 0 aromatic rings. The first-order valence-corrected chi connectivity index (χ1v) is 7.24. The van der Waals surface area contributed by atoms with Gasteiger partial charge in [-0.25, -0.2) is 4.79 Å². The molecule has 0 spiro atoms. The lowest BCUT2D eigenvalue weighted by Crippen LogP contribution is -2.54. The third-order valence-electron chi connectivity index (χ3n) is 4.15. The van der Waals surface area contributed by atoms with Crippen molar-refractivity contribution in [1.82, 2.24) is 10.2 Å². The maximum Gasteiger partial charge on any atom is 0.318 e. The SMILES string of the molecule is CCC(C)N(CC)C(=O)NC1(CC(=O)O)CCCC1. The minimum absolute atomic E-state index is 0.0246. The second-order valence-electron chi connectivity index (χ2n) is 5.53. The van der Waals surface area contributed by atoms with E-state index in [1.165, 1.54) is 0 Å². The zero-order valence-corrected chi connectivity index (χ0v) is 12.2. The number of nitrogens with zero attached hydrogens (tertiary/aromatic N) is 1. The van der Waals surface area contributed by atoms with Gasteiger partial charge in [0.2, 0.25) is 0 Å². The predicted molar refractivity (Wildman–Crippen MR) is 74.1 cm³/mol. The fourth-order valence-corrected chi connectivity index (χ4v) is 2.86. The van der Waals surface area contributed by atoms with E-state index in [4.69, 9.17) is 5.11 Å². The van der Waals surface area contributed by atoms with Gasteiger partial charge in [0.25, 0.3) is 0 Å². The average molecular weight is 270 g/mol. The smallest absolute Gasteiger partial charge is 0.318 e. The van der Waals surface area contributed by atoms with E-state index < -0.39 is 11.5 Å². The van der Waals surface area contributed by atoms with Crippen molar-refractivity contribution in [3.05, 3.63) is 0 Å². The highest BCUT2D eigenvalue weighted by atomic mass is 16.4. The largest absolute Gasteiger partial charge is 0.481 e. The molecule has 1 fully saturated rings. The van der Waals surface area contributed by atoms with Crippen LogP contribution in [0.4, 0.5) is 4.79 Å². The number of hydrogen-bond acceptors (Lipinski definition) is 2. The first-order chi connectivity index (χ1) is 8.94. The Kier molecular flexibility index (Phi) is 5.63. The number of carbonyl (C=O) groups is 2. The van der Waals surface area contributed by atoms with Crippen LogP contribution in [0.3, 0.4) is 0 Å². The van der Waals surface area contributed by atoms with Crippen LogP contribution in [0.15, 0.2) is 0 Å². The van der Waals surface area contributed by atoms with Crippen molar-refractivity contribution in [3.63, 3.8) is 0 Å². The number of carboxylic acids is 1. The summed E-state index contributed by atoms with van der Waals surface area (Å²) in [6.45, 7) is 6.65. The van der Waals surface area contributed by atoms with Crippen molar-refractivity contribution in [2.45, 2.75) is 70.9 Å². The fraction of sp³-hybridized carbons (Fsp3) is 0.857. The van der Waals surface area contributed by atoms with E-state index >= 15 is 0 Å². The Morgan fingerprint density at radius 1 is 1.32 bits per heavy atom. The molecule has 1 aliphatic rings. The lowest BCUT2D eigenvalue weighted by Gasteiger charge is -2.34. The van der Waals surface area contributed by atoms with E-state index in [9.17, 15) is 9.59 Å². The molecule has 0 aromatic heterocycles. The van der Waals surface area contributed by atoms with Crippen LogP contribution in [-0.2, 0) is 4.79 Å². The van der Waals surface area contributed by atoms with Crippen LogP contribution in [0.25, 0.3) is 0 Å². The molecule has 0 aromatic carbocycles. The van der Waals surface area contributed by atoms with Gasteiger partial charge in [0.15, 0.2) is 0 Å². The van der Waals surface area contributed by atoms with Crippen LogP contribution in [0.1, 0.15) is 59.3 Å². The molecule has 0 saturated heterocycles. The molecular weight excluding hydrogens is 244 g/mol. The molecule has 110 valence electrons. The number of carbonyl (C=O) groups excluding carboxylic acids is 1. The minimum Gasteiger partial charge on any atom is -0.481 e. The van der Waals surface area contributed by atoms with Crippen LogP contribution in [0.2, 0.25) is 0 Å². The summed E-state index contributed by atoms with van der Waals surface area (Å²) in [5.74, 6) is -0.839.